The zero-order valence-corrected chi connectivity index (χ0v) is 13.9. The molecule has 2 heterocycles. The Balaban J connectivity index is 1.83. The van der Waals surface area contributed by atoms with Crippen molar-refractivity contribution in [2.45, 2.75) is 0 Å². The van der Waals surface area contributed by atoms with Crippen LogP contribution in [0, 0.1) is 0 Å². The van der Waals surface area contributed by atoms with Gasteiger partial charge in [0.1, 0.15) is 5.70 Å². The summed E-state index contributed by atoms with van der Waals surface area (Å²) in [5, 5.41) is 0.714. The topological polar surface area (TPSA) is 60.4 Å². The van der Waals surface area contributed by atoms with Crippen LogP contribution in [0.25, 0.3) is 6.08 Å². The Morgan fingerprint density at radius 1 is 1.22 bits per heavy atom. The number of rotatable bonds is 3. The summed E-state index contributed by atoms with van der Waals surface area (Å²) in [6.07, 6.45) is 1.77. The van der Waals surface area contributed by atoms with E-state index in [1.54, 1.807) is 20.3 Å². The number of hydrogen-bond donors (Lipinski definition) is 0. The van der Waals surface area contributed by atoms with E-state index in [4.69, 9.17) is 14.2 Å². The van der Waals surface area contributed by atoms with Gasteiger partial charge in [0.2, 0.25) is 5.12 Å². The molecule has 0 amide bonds. The SMILES string of the molecule is COc1ccc(/C=C2/N=C(N3CCOCC3)SC2=O)cc1OC. The number of nitrogens with zero attached hydrogens (tertiary/aromatic N) is 2. The number of aliphatic imine (C=N–C) groups is 1. The van der Waals surface area contributed by atoms with Gasteiger partial charge in [0.15, 0.2) is 16.7 Å². The molecule has 6 nitrogen and oxygen atoms in total. The summed E-state index contributed by atoms with van der Waals surface area (Å²) in [7, 11) is 3.17. The summed E-state index contributed by atoms with van der Waals surface area (Å²) in [4.78, 5) is 18.7. The highest BCUT2D eigenvalue weighted by molar-refractivity contribution is 8.27. The second-order valence-electron chi connectivity index (χ2n) is 5.03. The van der Waals surface area contributed by atoms with Crippen molar-refractivity contribution in [3.63, 3.8) is 0 Å². The van der Waals surface area contributed by atoms with E-state index in [2.05, 4.69) is 9.89 Å². The maximum atomic E-state index is 12.2. The molecule has 0 aliphatic carbocycles. The number of benzene rings is 1. The van der Waals surface area contributed by atoms with Crippen LogP contribution in [0.15, 0.2) is 28.9 Å². The van der Waals surface area contributed by atoms with Crippen molar-refractivity contribution in [1.29, 1.82) is 0 Å². The van der Waals surface area contributed by atoms with E-state index in [1.165, 1.54) is 11.8 Å². The standard InChI is InChI=1S/C16H18N2O4S/c1-20-13-4-3-11(10-14(13)21-2)9-12-15(19)23-16(17-12)18-5-7-22-8-6-18/h3-4,9-10H,5-8H2,1-2H3/b12-9+. The summed E-state index contributed by atoms with van der Waals surface area (Å²) < 4.78 is 15.8. The fraction of sp³-hybridized carbons (Fsp3) is 0.375. The average Bonchev–Trinajstić information content (AvgIpc) is 2.96. The third-order valence-corrected chi connectivity index (χ3v) is 4.53. The van der Waals surface area contributed by atoms with Crippen LogP contribution in [0.1, 0.15) is 5.56 Å². The molecule has 0 atom stereocenters. The van der Waals surface area contributed by atoms with Crippen molar-refractivity contribution in [3.8, 4) is 11.5 Å². The summed E-state index contributed by atoms with van der Waals surface area (Å²) in [6.45, 7) is 2.87. The van der Waals surface area contributed by atoms with Gasteiger partial charge < -0.3 is 19.1 Å². The Labute approximate surface area is 139 Å². The summed E-state index contributed by atoms with van der Waals surface area (Å²) >= 11 is 1.17. The molecule has 2 aliphatic rings. The van der Waals surface area contributed by atoms with Gasteiger partial charge in [-0.3, -0.25) is 4.79 Å². The Hall–Kier alpha value is -1.99. The predicted octanol–water partition coefficient (Wildman–Crippen LogP) is 2.01. The second kappa shape index (κ2) is 7.06. The van der Waals surface area contributed by atoms with Gasteiger partial charge in [-0.2, -0.15) is 0 Å². The highest BCUT2D eigenvalue weighted by atomic mass is 32.2. The van der Waals surface area contributed by atoms with E-state index in [9.17, 15) is 4.79 Å². The number of carbonyl (C=O) groups is 1. The minimum absolute atomic E-state index is 0.0405. The molecule has 0 bridgehead atoms. The van der Waals surface area contributed by atoms with E-state index < -0.39 is 0 Å². The lowest BCUT2D eigenvalue weighted by atomic mass is 10.1. The van der Waals surface area contributed by atoms with Crippen LogP contribution in [-0.2, 0) is 9.53 Å². The van der Waals surface area contributed by atoms with Crippen molar-refractivity contribution < 1.29 is 19.0 Å². The molecule has 0 N–H and O–H groups in total. The molecule has 0 saturated carbocycles. The van der Waals surface area contributed by atoms with E-state index >= 15 is 0 Å². The molecule has 1 fully saturated rings. The molecule has 122 valence electrons. The Morgan fingerprint density at radius 3 is 2.65 bits per heavy atom. The van der Waals surface area contributed by atoms with Gasteiger partial charge >= 0.3 is 0 Å². The van der Waals surface area contributed by atoms with E-state index in [1.807, 2.05) is 18.2 Å². The minimum Gasteiger partial charge on any atom is -0.493 e. The largest absolute Gasteiger partial charge is 0.493 e. The number of amidine groups is 1. The van der Waals surface area contributed by atoms with Crippen LogP contribution in [0.2, 0.25) is 0 Å². The van der Waals surface area contributed by atoms with Crippen molar-refractivity contribution in [3.05, 3.63) is 29.5 Å². The van der Waals surface area contributed by atoms with Crippen molar-refractivity contribution in [2.24, 2.45) is 4.99 Å². The third-order valence-electron chi connectivity index (χ3n) is 3.60. The first kappa shape index (κ1) is 15.9. The average molecular weight is 334 g/mol. The van der Waals surface area contributed by atoms with E-state index in [0.717, 1.165) is 23.8 Å². The normalized spacial score (nSPS) is 19.9. The highest BCUT2D eigenvalue weighted by Gasteiger charge is 2.27. The molecule has 1 aromatic carbocycles. The van der Waals surface area contributed by atoms with Gasteiger partial charge in [0.05, 0.1) is 27.4 Å². The molecule has 0 aromatic heterocycles. The van der Waals surface area contributed by atoms with Crippen LogP contribution in [0.5, 0.6) is 11.5 Å². The number of methoxy groups -OCH3 is 2. The van der Waals surface area contributed by atoms with Gasteiger partial charge in [-0.05, 0) is 35.5 Å². The van der Waals surface area contributed by atoms with Crippen molar-refractivity contribution in [1.82, 2.24) is 4.90 Å². The Kier molecular flexibility index (Phi) is 4.88. The first-order chi connectivity index (χ1) is 11.2. The van der Waals surface area contributed by atoms with Gasteiger partial charge in [-0.1, -0.05) is 6.07 Å². The van der Waals surface area contributed by atoms with E-state index in [-0.39, 0.29) is 5.12 Å². The number of morpholine rings is 1. The lowest BCUT2D eigenvalue weighted by molar-refractivity contribution is -0.107. The molecule has 1 aromatic rings. The fourth-order valence-corrected chi connectivity index (χ4v) is 3.22. The molecule has 3 rings (SSSR count). The summed E-state index contributed by atoms with van der Waals surface area (Å²) in [6, 6.07) is 5.50. The molecule has 0 radical (unpaired) electrons. The quantitative estimate of drug-likeness (QED) is 0.788. The zero-order chi connectivity index (χ0) is 16.2. The Bertz CT molecular complexity index is 666. The van der Waals surface area contributed by atoms with Gasteiger partial charge in [-0.25, -0.2) is 4.99 Å². The number of thioether (sulfide) groups is 1. The van der Waals surface area contributed by atoms with Crippen molar-refractivity contribution in [2.75, 3.05) is 40.5 Å². The molecule has 1 saturated heterocycles. The zero-order valence-electron chi connectivity index (χ0n) is 13.1. The number of carbonyl (C=O) groups excluding carboxylic acids is 1. The number of ether oxygens (including phenoxy) is 3. The van der Waals surface area contributed by atoms with Gasteiger partial charge in [-0.15, -0.1) is 0 Å². The lowest BCUT2D eigenvalue weighted by Gasteiger charge is -2.27. The summed E-state index contributed by atoms with van der Waals surface area (Å²) in [5.74, 6) is 1.27. The van der Waals surface area contributed by atoms with Gasteiger partial charge in [0, 0.05) is 13.1 Å². The van der Waals surface area contributed by atoms with Crippen LogP contribution in [0.3, 0.4) is 0 Å². The van der Waals surface area contributed by atoms with Crippen LogP contribution in [0.4, 0.5) is 0 Å². The maximum Gasteiger partial charge on any atom is 0.245 e. The monoisotopic (exact) mass is 334 g/mol. The van der Waals surface area contributed by atoms with Crippen LogP contribution in [-0.4, -0.2) is 55.7 Å². The van der Waals surface area contributed by atoms with Crippen molar-refractivity contribution >= 4 is 28.1 Å². The number of hydrogen-bond acceptors (Lipinski definition) is 7. The smallest absolute Gasteiger partial charge is 0.245 e. The highest BCUT2D eigenvalue weighted by Crippen LogP contribution is 2.31. The first-order valence-corrected chi connectivity index (χ1v) is 8.10. The second-order valence-corrected chi connectivity index (χ2v) is 5.97. The molecule has 2 aliphatic heterocycles. The molecular weight excluding hydrogens is 316 g/mol. The molecule has 23 heavy (non-hydrogen) atoms. The van der Waals surface area contributed by atoms with Crippen LogP contribution < -0.4 is 9.47 Å². The molecular formula is C16H18N2O4S. The van der Waals surface area contributed by atoms with Crippen LogP contribution >= 0.6 is 11.8 Å². The minimum atomic E-state index is -0.0405. The fourth-order valence-electron chi connectivity index (χ4n) is 2.39. The van der Waals surface area contributed by atoms with Gasteiger partial charge in [0.25, 0.3) is 0 Å². The predicted molar refractivity (Wildman–Crippen MR) is 89.9 cm³/mol. The lowest BCUT2D eigenvalue weighted by Crippen LogP contribution is -2.38. The molecule has 0 unspecified atom stereocenters. The maximum absolute atomic E-state index is 12.2. The van der Waals surface area contributed by atoms with E-state index in [0.29, 0.717) is 30.4 Å². The molecule has 7 heteroatoms. The molecule has 0 spiro atoms. The third kappa shape index (κ3) is 3.51. The first-order valence-electron chi connectivity index (χ1n) is 7.28. The summed E-state index contributed by atoms with van der Waals surface area (Å²) in [5.41, 5.74) is 1.29. The Morgan fingerprint density at radius 2 is 1.96 bits per heavy atom.